The number of amides is 2. The molecule has 0 aliphatic carbocycles. The molecule has 3 aromatic rings. The molecule has 3 rings (SSSR count). The molecule has 8 heteroatoms. The largest absolute Gasteiger partial charge is 0.342 e. The average Bonchev–Trinajstić information content (AvgIpc) is 2.80. The Bertz CT molecular complexity index is 1250. The summed E-state index contributed by atoms with van der Waals surface area (Å²) < 4.78 is 27.0. The van der Waals surface area contributed by atoms with Gasteiger partial charge >= 0.3 is 0 Å². The lowest BCUT2D eigenvalue weighted by molar-refractivity contribution is -0.128. The van der Waals surface area contributed by atoms with Crippen LogP contribution in [-0.4, -0.2) is 39.2 Å². The Morgan fingerprint density at radius 1 is 0.879 bits per heavy atom. The average molecular weight is 466 g/mol. The van der Waals surface area contributed by atoms with E-state index >= 15 is 0 Å². The summed E-state index contributed by atoms with van der Waals surface area (Å²) in [5.74, 6) is -0.403. The topological polar surface area (TPSA) is 86.8 Å². The first-order valence-corrected chi connectivity index (χ1v) is 11.8. The summed E-state index contributed by atoms with van der Waals surface area (Å²) in [6.07, 6.45) is 0. The van der Waals surface area contributed by atoms with E-state index in [1.165, 1.54) is 18.3 Å². The summed E-state index contributed by atoms with van der Waals surface area (Å²) in [5, 5.41) is 2.87. The first-order chi connectivity index (χ1) is 15.6. The van der Waals surface area contributed by atoms with Crippen molar-refractivity contribution in [2.75, 3.05) is 23.7 Å². The maximum absolute atomic E-state index is 12.9. The lowest BCUT2D eigenvalue weighted by Gasteiger charge is -2.20. The Labute approximate surface area is 194 Å². The van der Waals surface area contributed by atoms with Crippen LogP contribution in [-0.2, 0) is 21.4 Å². The highest BCUT2D eigenvalue weighted by Crippen LogP contribution is 2.24. The van der Waals surface area contributed by atoms with Crippen molar-refractivity contribution in [3.05, 3.63) is 89.5 Å². The normalized spacial score (nSPS) is 11.0. The molecule has 0 heterocycles. The lowest BCUT2D eigenvalue weighted by Crippen LogP contribution is -2.26. The second-order valence-corrected chi connectivity index (χ2v) is 9.79. The minimum absolute atomic E-state index is 0.0728. The molecule has 2 amide bonds. The minimum Gasteiger partial charge on any atom is -0.342 e. The third-order valence-corrected chi connectivity index (χ3v) is 7.18. The van der Waals surface area contributed by atoms with E-state index in [-0.39, 0.29) is 16.7 Å². The maximum atomic E-state index is 12.9. The third kappa shape index (κ3) is 5.59. The molecule has 0 fully saturated rings. The standard InChI is InChI=1S/C25H27N3O4S/c1-18-9-15-23(16-10-18)33(31,32)28(4)22-13-11-20(12-14-22)25(30)26-24-8-6-5-7-21(24)17-27(3)19(2)29/h5-16H,17H2,1-4H3,(H,26,30). The molecular formula is C25H27N3O4S. The van der Waals surface area contributed by atoms with Crippen LogP contribution in [0, 0.1) is 6.92 Å². The van der Waals surface area contributed by atoms with E-state index < -0.39 is 10.0 Å². The van der Waals surface area contributed by atoms with Crippen LogP contribution >= 0.6 is 0 Å². The monoisotopic (exact) mass is 465 g/mol. The quantitative estimate of drug-likeness (QED) is 0.570. The van der Waals surface area contributed by atoms with Gasteiger partial charge in [-0.1, -0.05) is 35.9 Å². The molecule has 0 saturated heterocycles. The van der Waals surface area contributed by atoms with Crippen LogP contribution in [0.4, 0.5) is 11.4 Å². The SMILES string of the molecule is CC(=O)N(C)Cc1ccccc1NC(=O)c1ccc(N(C)S(=O)(=O)c2ccc(C)cc2)cc1. The molecule has 0 atom stereocenters. The van der Waals surface area contributed by atoms with Crippen molar-refractivity contribution < 1.29 is 18.0 Å². The predicted octanol–water partition coefficient (Wildman–Crippen LogP) is 4.05. The van der Waals surface area contributed by atoms with Gasteiger partial charge in [-0.15, -0.1) is 0 Å². The second-order valence-electron chi connectivity index (χ2n) is 7.82. The fourth-order valence-corrected chi connectivity index (χ4v) is 4.37. The molecule has 0 aliphatic rings. The Morgan fingerprint density at radius 3 is 2.09 bits per heavy atom. The molecular weight excluding hydrogens is 438 g/mol. The van der Waals surface area contributed by atoms with Gasteiger partial charge in [0.1, 0.15) is 0 Å². The number of anilines is 2. The van der Waals surface area contributed by atoms with E-state index in [1.54, 1.807) is 72.6 Å². The Hall–Kier alpha value is -3.65. The van der Waals surface area contributed by atoms with E-state index in [1.807, 2.05) is 19.1 Å². The first kappa shape index (κ1) is 24.0. The highest BCUT2D eigenvalue weighted by molar-refractivity contribution is 7.92. The molecule has 0 radical (unpaired) electrons. The highest BCUT2D eigenvalue weighted by atomic mass is 32.2. The molecule has 172 valence electrons. The number of rotatable bonds is 7. The number of hydrogen-bond acceptors (Lipinski definition) is 4. The molecule has 0 bridgehead atoms. The number of hydrogen-bond donors (Lipinski definition) is 1. The van der Waals surface area contributed by atoms with E-state index in [0.717, 1.165) is 11.1 Å². The van der Waals surface area contributed by atoms with Gasteiger partial charge < -0.3 is 10.2 Å². The summed E-state index contributed by atoms with van der Waals surface area (Å²) in [4.78, 5) is 26.1. The van der Waals surface area contributed by atoms with Crippen molar-refractivity contribution >= 4 is 33.2 Å². The molecule has 1 N–H and O–H groups in total. The summed E-state index contributed by atoms with van der Waals surface area (Å²) in [5.41, 5.74) is 3.22. The third-order valence-electron chi connectivity index (χ3n) is 5.38. The van der Waals surface area contributed by atoms with E-state index in [4.69, 9.17) is 0 Å². The van der Waals surface area contributed by atoms with Gasteiger partial charge in [0.05, 0.1) is 10.6 Å². The van der Waals surface area contributed by atoms with Crippen LogP contribution in [0.15, 0.2) is 77.7 Å². The van der Waals surface area contributed by atoms with Crippen molar-refractivity contribution in [2.24, 2.45) is 0 Å². The number of carbonyl (C=O) groups excluding carboxylic acids is 2. The number of nitrogens with one attached hydrogen (secondary N) is 1. The first-order valence-electron chi connectivity index (χ1n) is 10.4. The minimum atomic E-state index is -3.71. The van der Waals surface area contributed by atoms with Gasteiger partial charge in [0, 0.05) is 38.8 Å². The summed E-state index contributed by atoms with van der Waals surface area (Å²) >= 11 is 0. The molecule has 33 heavy (non-hydrogen) atoms. The lowest BCUT2D eigenvalue weighted by atomic mass is 10.1. The van der Waals surface area contributed by atoms with Crippen molar-refractivity contribution in [2.45, 2.75) is 25.3 Å². The van der Waals surface area contributed by atoms with Gasteiger partial charge in [-0.3, -0.25) is 13.9 Å². The maximum Gasteiger partial charge on any atom is 0.264 e. The van der Waals surface area contributed by atoms with Crippen molar-refractivity contribution in [1.29, 1.82) is 0 Å². The van der Waals surface area contributed by atoms with E-state index in [0.29, 0.717) is 23.5 Å². The van der Waals surface area contributed by atoms with Gasteiger partial charge in [-0.2, -0.15) is 0 Å². The van der Waals surface area contributed by atoms with Crippen molar-refractivity contribution in [3.63, 3.8) is 0 Å². The molecule has 0 aromatic heterocycles. The number of nitrogens with zero attached hydrogens (tertiary/aromatic N) is 2. The number of sulfonamides is 1. The van der Waals surface area contributed by atoms with Crippen molar-refractivity contribution in [1.82, 2.24) is 4.90 Å². The number of aryl methyl sites for hydroxylation is 1. The zero-order chi connectivity index (χ0) is 24.2. The van der Waals surface area contributed by atoms with Gasteiger partial charge in [0.2, 0.25) is 5.91 Å². The van der Waals surface area contributed by atoms with Crippen LogP contribution in [0.25, 0.3) is 0 Å². The van der Waals surface area contributed by atoms with Gasteiger partial charge in [-0.05, 0) is 55.0 Å². The highest BCUT2D eigenvalue weighted by Gasteiger charge is 2.21. The van der Waals surface area contributed by atoms with E-state index in [2.05, 4.69) is 5.32 Å². The van der Waals surface area contributed by atoms with Gasteiger partial charge in [-0.25, -0.2) is 8.42 Å². The molecule has 0 aliphatic heterocycles. The number of para-hydroxylation sites is 1. The summed E-state index contributed by atoms with van der Waals surface area (Å²) in [6.45, 7) is 3.75. The van der Waals surface area contributed by atoms with Crippen LogP contribution in [0.1, 0.15) is 28.4 Å². The molecule has 7 nitrogen and oxygen atoms in total. The van der Waals surface area contributed by atoms with Crippen molar-refractivity contribution in [3.8, 4) is 0 Å². The molecule has 3 aromatic carbocycles. The Morgan fingerprint density at radius 2 is 1.48 bits per heavy atom. The number of carbonyl (C=O) groups is 2. The van der Waals surface area contributed by atoms with E-state index in [9.17, 15) is 18.0 Å². The zero-order valence-corrected chi connectivity index (χ0v) is 19.9. The van der Waals surface area contributed by atoms with Crippen LogP contribution in [0.3, 0.4) is 0 Å². The molecule has 0 saturated carbocycles. The molecule has 0 unspecified atom stereocenters. The smallest absolute Gasteiger partial charge is 0.264 e. The predicted molar refractivity (Wildman–Crippen MR) is 130 cm³/mol. The van der Waals surface area contributed by atoms with Crippen LogP contribution in [0.5, 0.6) is 0 Å². The fourth-order valence-electron chi connectivity index (χ4n) is 3.17. The van der Waals surface area contributed by atoms with Crippen LogP contribution < -0.4 is 9.62 Å². The van der Waals surface area contributed by atoms with Crippen LogP contribution in [0.2, 0.25) is 0 Å². The zero-order valence-electron chi connectivity index (χ0n) is 19.1. The fraction of sp³-hybridized carbons (Fsp3) is 0.200. The van der Waals surface area contributed by atoms with Gasteiger partial charge in [0.15, 0.2) is 0 Å². The summed E-state index contributed by atoms with van der Waals surface area (Å²) in [7, 11) is -0.541. The molecule has 0 spiro atoms. The summed E-state index contributed by atoms with van der Waals surface area (Å²) in [6, 6.07) is 20.3. The Balaban J connectivity index is 1.76. The van der Waals surface area contributed by atoms with Gasteiger partial charge in [0.25, 0.3) is 15.9 Å². The number of benzene rings is 3. The Kier molecular flexibility index (Phi) is 7.18. The second kappa shape index (κ2) is 9.87.